The van der Waals surface area contributed by atoms with E-state index in [0.29, 0.717) is 45.0 Å². The Labute approximate surface area is 167 Å². The molecular weight excluding hydrogens is 378 g/mol. The molecule has 0 radical (unpaired) electrons. The van der Waals surface area contributed by atoms with Gasteiger partial charge < -0.3 is 14.5 Å². The van der Waals surface area contributed by atoms with Crippen LogP contribution in [0.3, 0.4) is 0 Å². The molecule has 1 unspecified atom stereocenters. The maximum Gasteiger partial charge on any atom is 0.291 e. The lowest BCUT2D eigenvalue weighted by Gasteiger charge is -2.34. The number of benzene rings is 2. The predicted molar refractivity (Wildman–Crippen MR) is 109 cm³/mol. The minimum atomic E-state index is -0.514. The molecular formula is C22H20ClNO4. The molecule has 0 bridgehead atoms. The number of rotatable bonds is 3. The number of para-hydroxylation sites is 1. The summed E-state index contributed by atoms with van der Waals surface area (Å²) in [6.45, 7) is 5.70. The average Bonchev–Trinajstić information content (AvgIpc) is 3.00. The highest BCUT2D eigenvalue weighted by molar-refractivity contribution is 6.34. The second kappa shape index (κ2) is 6.67. The summed E-state index contributed by atoms with van der Waals surface area (Å²) in [6, 6.07) is 10.4. The van der Waals surface area contributed by atoms with E-state index in [4.69, 9.17) is 20.8 Å². The van der Waals surface area contributed by atoms with Crippen molar-refractivity contribution in [3.63, 3.8) is 0 Å². The third kappa shape index (κ3) is 2.96. The van der Waals surface area contributed by atoms with Gasteiger partial charge in [0, 0.05) is 10.9 Å². The van der Waals surface area contributed by atoms with E-state index in [0.717, 1.165) is 6.42 Å². The Morgan fingerprint density at radius 3 is 2.71 bits per heavy atom. The number of amides is 1. The molecule has 6 heteroatoms. The Hall–Kier alpha value is -2.79. The molecule has 1 aromatic heterocycles. The normalized spacial score (nSPS) is 18.6. The summed E-state index contributed by atoms with van der Waals surface area (Å²) in [4.78, 5) is 25.7. The highest BCUT2D eigenvalue weighted by atomic mass is 35.5. The van der Waals surface area contributed by atoms with Crippen LogP contribution in [0.15, 0.2) is 40.8 Å². The van der Waals surface area contributed by atoms with Crippen LogP contribution in [0.25, 0.3) is 11.0 Å². The first-order valence-corrected chi connectivity index (χ1v) is 9.55. The summed E-state index contributed by atoms with van der Waals surface area (Å²) >= 11 is 6.12. The number of hydrogen-bond donors (Lipinski definition) is 1. The number of nitrogens with one attached hydrogen (secondary N) is 1. The summed E-state index contributed by atoms with van der Waals surface area (Å²) < 4.78 is 11.9. The molecule has 2 aromatic carbocycles. The van der Waals surface area contributed by atoms with Crippen molar-refractivity contribution in [2.24, 2.45) is 0 Å². The van der Waals surface area contributed by atoms with Crippen molar-refractivity contribution in [3.8, 4) is 5.75 Å². The van der Waals surface area contributed by atoms with Crippen LogP contribution < -0.4 is 10.1 Å². The number of ether oxygens (including phenoxy) is 1. The van der Waals surface area contributed by atoms with E-state index in [1.807, 2.05) is 13.8 Å². The molecule has 1 amide bonds. The Morgan fingerprint density at radius 2 is 2.00 bits per heavy atom. The number of Topliss-reactive ketones (excluding diaryl/α,β-unsaturated/α-hetero) is 1. The minimum absolute atomic E-state index is 0.00170. The molecule has 28 heavy (non-hydrogen) atoms. The topological polar surface area (TPSA) is 68.5 Å². The molecule has 1 atom stereocenters. The van der Waals surface area contributed by atoms with Gasteiger partial charge in [-0.05, 0) is 44.5 Å². The molecule has 1 aliphatic rings. The minimum Gasteiger partial charge on any atom is -0.486 e. The molecule has 1 aliphatic heterocycles. The van der Waals surface area contributed by atoms with Gasteiger partial charge in [-0.1, -0.05) is 30.7 Å². The first kappa shape index (κ1) is 18.6. The third-order valence-electron chi connectivity index (χ3n) is 5.30. The molecule has 0 saturated heterocycles. The van der Waals surface area contributed by atoms with Crippen LogP contribution in [0.5, 0.6) is 5.75 Å². The summed E-state index contributed by atoms with van der Waals surface area (Å²) in [5.74, 6) is 0.270. The fourth-order valence-electron chi connectivity index (χ4n) is 3.57. The standard InChI is InChI=1S/C22H20ClNO4/c1-4-22(3)11-15(25)19-17(28-22)10-9-16-18(19)12(2)20(27-16)21(26)24-14-8-6-5-7-13(14)23/h5-10H,4,11H2,1-3H3,(H,24,26). The van der Waals surface area contributed by atoms with E-state index in [9.17, 15) is 9.59 Å². The van der Waals surface area contributed by atoms with Crippen molar-refractivity contribution in [1.82, 2.24) is 0 Å². The van der Waals surface area contributed by atoms with Gasteiger partial charge in [-0.25, -0.2) is 0 Å². The average molecular weight is 398 g/mol. The SMILES string of the molecule is CCC1(C)CC(=O)c2c(ccc3oc(C(=O)Nc4ccccc4Cl)c(C)c23)O1. The van der Waals surface area contributed by atoms with Gasteiger partial charge in [-0.3, -0.25) is 9.59 Å². The number of anilines is 1. The molecule has 0 fully saturated rings. The van der Waals surface area contributed by atoms with E-state index in [1.54, 1.807) is 43.3 Å². The maximum atomic E-state index is 12.9. The van der Waals surface area contributed by atoms with Crippen molar-refractivity contribution in [1.29, 1.82) is 0 Å². The van der Waals surface area contributed by atoms with Crippen LogP contribution in [0.4, 0.5) is 5.69 Å². The molecule has 5 nitrogen and oxygen atoms in total. The van der Waals surface area contributed by atoms with E-state index in [1.165, 1.54) is 0 Å². The molecule has 4 rings (SSSR count). The van der Waals surface area contributed by atoms with Crippen LogP contribution in [-0.4, -0.2) is 17.3 Å². The fraction of sp³-hybridized carbons (Fsp3) is 0.273. The largest absolute Gasteiger partial charge is 0.486 e. The summed E-state index contributed by atoms with van der Waals surface area (Å²) in [5.41, 5.74) is 1.56. The summed E-state index contributed by atoms with van der Waals surface area (Å²) in [5, 5.41) is 3.83. The number of fused-ring (bicyclic) bond motifs is 3. The number of carbonyl (C=O) groups excluding carboxylic acids is 2. The van der Waals surface area contributed by atoms with Crippen molar-refractivity contribution in [3.05, 3.63) is 58.3 Å². The van der Waals surface area contributed by atoms with Crippen LogP contribution in [-0.2, 0) is 0 Å². The number of ketones is 1. The van der Waals surface area contributed by atoms with E-state index in [2.05, 4.69) is 5.32 Å². The van der Waals surface area contributed by atoms with Crippen molar-refractivity contribution in [2.45, 2.75) is 39.2 Å². The van der Waals surface area contributed by atoms with E-state index >= 15 is 0 Å². The number of hydrogen-bond acceptors (Lipinski definition) is 4. The lowest BCUT2D eigenvalue weighted by atomic mass is 9.87. The zero-order valence-electron chi connectivity index (χ0n) is 15.9. The van der Waals surface area contributed by atoms with E-state index < -0.39 is 11.5 Å². The monoisotopic (exact) mass is 397 g/mol. The molecule has 3 aromatic rings. The number of halogens is 1. The van der Waals surface area contributed by atoms with Crippen LogP contribution in [0.2, 0.25) is 5.02 Å². The smallest absolute Gasteiger partial charge is 0.291 e. The second-order valence-electron chi connectivity index (χ2n) is 7.31. The first-order valence-electron chi connectivity index (χ1n) is 9.17. The Bertz CT molecular complexity index is 1120. The quantitative estimate of drug-likeness (QED) is 0.608. The zero-order chi connectivity index (χ0) is 20.1. The van der Waals surface area contributed by atoms with Crippen LogP contribution >= 0.6 is 11.6 Å². The fourth-order valence-corrected chi connectivity index (χ4v) is 3.75. The Morgan fingerprint density at radius 1 is 1.25 bits per heavy atom. The highest BCUT2D eigenvalue weighted by Gasteiger charge is 2.37. The highest BCUT2D eigenvalue weighted by Crippen LogP contribution is 2.41. The van der Waals surface area contributed by atoms with Crippen molar-refractivity contribution < 1.29 is 18.7 Å². The molecule has 2 heterocycles. The van der Waals surface area contributed by atoms with Gasteiger partial charge in [-0.2, -0.15) is 0 Å². The van der Waals surface area contributed by atoms with Crippen molar-refractivity contribution >= 4 is 39.9 Å². The number of carbonyl (C=O) groups is 2. The van der Waals surface area contributed by atoms with Gasteiger partial charge >= 0.3 is 0 Å². The van der Waals surface area contributed by atoms with Gasteiger partial charge in [0.15, 0.2) is 11.5 Å². The molecule has 0 spiro atoms. The van der Waals surface area contributed by atoms with Crippen LogP contribution in [0.1, 0.15) is 53.2 Å². The van der Waals surface area contributed by atoms with Gasteiger partial charge in [0.1, 0.15) is 16.9 Å². The molecule has 144 valence electrons. The van der Waals surface area contributed by atoms with Gasteiger partial charge in [0.2, 0.25) is 0 Å². The van der Waals surface area contributed by atoms with Crippen molar-refractivity contribution in [2.75, 3.05) is 5.32 Å². The van der Waals surface area contributed by atoms with E-state index in [-0.39, 0.29) is 11.5 Å². The zero-order valence-corrected chi connectivity index (χ0v) is 16.6. The maximum absolute atomic E-state index is 12.9. The lowest BCUT2D eigenvalue weighted by molar-refractivity contribution is 0.0503. The van der Waals surface area contributed by atoms with Crippen LogP contribution in [0, 0.1) is 6.92 Å². The lowest BCUT2D eigenvalue weighted by Crippen LogP contribution is -2.38. The predicted octanol–water partition coefficient (Wildman–Crippen LogP) is 5.78. The molecule has 0 saturated carbocycles. The van der Waals surface area contributed by atoms with Gasteiger partial charge in [0.05, 0.1) is 22.7 Å². The number of aryl methyl sites for hydroxylation is 1. The van der Waals surface area contributed by atoms with Gasteiger partial charge in [-0.15, -0.1) is 0 Å². The summed E-state index contributed by atoms with van der Waals surface area (Å²) in [6.07, 6.45) is 1.02. The number of furan rings is 1. The molecule has 1 N–H and O–H groups in total. The second-order valence-corrected chi connectivity index (χ2v) is 7.71. The Kier molecular flexibility index (Phi) is 4.42. The van der Waals surface area contributed by atoms with Gasteiger partial charge in [0.25, 0.3) is 5.91 Å². The molecule has 0 aliphatic carbocycles. The first-order chi connectivity index (χ1) is 13.3. The summed E-state index contributed by atoms with van der Waals surface area (Å²) in [7, 11) is 0. The Balaban J connectivity index is 1.78. The third-order valence-corrected chi connectivity index (χ3v) is 5.63.